The van der Waals surface area contributed by atoms with Crippen LogP contribution in [0.2, 0.25) is 0 Å². The Bertz CT molecular complexity index is 411. The lowest BCUT2D eigenvalue weighted by Gasteiger charge is -2.23. The maximum atomic E-state index is 11.3. The molecule has 0 spiro atoms. The van der Waals surface area contributed by atoms with E-state index in [1.54, 1.807) is 6.07 Å². The van der Waals surface area contributed by atoms with Gasteiger partial charge in [-0.1, -0.05) is 6.92 Å². The minimum Gasteiger partial charge on any atom is -0.463 e. The molecule has 1 aromatic rings. The second kappa shape index (κ2) is 6.73. The van der Waals surface area contributed by atoms with Gasteiger partial charge in [-0.2, -0.15) is 0 Å². The average molecular weight is 266 g/mol. The van der Waals surface area contributed by atoms with Gasteiger partial charge in [-0.15, -0.1) is 0 Å². The zero-order valence-electron chi connectivity index (χ0n) is 11.6. The summed E-state index contributed by atoms with van der Waals surface area (Å²) < 4.78 is 10.1. The first-order valence-corrected chi connectivity index (χ1v) is 6.85. The van der Waals surface area contributed by atoms with Gasteiger partial charge in [-0.3, -0.25) is 4.90 Å². The van der Waals surface area contributed by atoms with Gasteiger partial charge < -0.3 is 14.5 Å². The number of methoxy groups -OCH3 is 1. The van der Waals surface area contributed by atoms with Crippen LogP contribution in [0, 0.1) is 0 Å². The number of carbonyl (C=O) groups is 1. The van der Waals surface area contributed by atoms with Gasteiger partial charge in [0.05, 0.1) is 13.7 Å². The maximum Gasteiger partial charge on any atom is 0.373 e. The molecular weight excluding hydrogens is 244 g/mol. The summed E-state index contributed by atoms with van der Waals surface area (Å²) in [5.74, 6) is 0.652. The summed E-state index contributed by atoms with van der Waals surface area (Å²) in [5.41, 5.74) is 0. The molecule has 1 unspecified atom stereocenters. The van der Waals surface area contributed by atoms with Gasteiger partial charge >= 0.3 is 5.97 Å². The maximum absolute atomic E-state index is 11.3. The molecule has 1 atom stereocenters. The van der Waals surface area contributed by atoms with Gasteiger partial charge in [0, 0.05) is 12.6 Å². The van der Waals surface area contributed by atoms with Crippen LogP contribution in [0.4, 0.5) is 0 Å². The highest BCUT2D eigenvalue weighted by molar-refractivity contribution is 5.86. The topological polar surface area (TPSA) is 54.7 Å². The minimum atomic E-state index is -0.424. The predicted octanol–water partition coefficient (Wildman–Crippen LogP) is 1.64. The van der Waals surface area contributed by atoms with Crippen LogP contribution < -0.4 is 5.32 Å². The van der Waals surface area contributed by atoms with Crippen LogP contribution in [0.15, 0.2) is 16.5 Å². The molecule has 2 heterocycles. The fourth-order valence-electron chi connectivity index (χ4n) is 2.42. The van der Waals surface area contributed by atoms with Crippen molar-refractivity contribution in [3.8, 4) is 0 Å². The van der Waals surface area contributed by atoms with Crippen LogP contribution in [-0.4, -0.2) is 43.7 Å². The highest BCUT2D eigenvalue weighted by atomic mass is 16.5. The summed E-state index contributed by atoms with van der Waals surface area (Å²) >= 11 is 0. The van der Waals surface area contributed by atoms with E-state index >= 15 is 0 Å². The highest BCUT2D eigenvalue weighted by Crippen LogP contribution is 2.13. The van der Waals surface area contributed by atoms with E-state index in [9.17, 15) is 4.79 Å². The fraction of sp³-hybridized carbons (Fsp3) is 0.643. The first kappa shape index (κ1) is 14.1. The number of rotatable bonds is 6. The highest BCUT2D eigenvalue weighted by Gasteiger charge is 2.18. The molecule has 106 valence electrons. The van der Waals surface area contributed by atoms with Gasteiger partial charge in [0.1, 0.15) is 5.76 Å². The van der Waals surface area contributed by atoms with Crippen molar-refractivity contribution in [2.24, 2.45) is 0 Å². The lowest BCUT2D eigenvalue weighted by molar-refractivity contribution is 0.0561. The monoisotopic (exact) mass is 266 g/mol. The first-order chi connectivity index (χ1) is 9.22. The number of hydrogen-bond acceptors (Lipinski definition) is 5. The molecule has 1 N–H and O–H groups in total. The fourth-order valence-corrected chi connectivity index (χ4v) is 2.42. The number of nitrogens with one attached hydrogen (secondary N) is 1. The Hall–Kier alpha value is -1.33. The Kier molecular flexibility index (Phi) is 4.99. The van der Waals surface area contributed by atoms with E-state index in [1.165, 1.54) is 20.0 Å². The van der Waals surface area contributed by atoms with Crippen molar-refractivity contribution in [1.82, 2.24) is 10.2 Å². The van der Waals surface area contributed by atoms with E-state index in [0.29, 0.717) is 6.04 Å². The Labute approximate surface area is 113 Å². The number of nitrogens with zero attached hydrogens (tertiary/aromatic N) is 1. The molecule has 1 fully saturated rings. The quantitative estimate of drug-likeness (QED) is 0.793. The third-order valence-electron chi connectivity index (χ3n) is 3.52. The number of likely N-dealkylation sites (N-methyl/N-ethyl adjacent to an activating group) is 1. The molecule has 0 amide bonds. The van der Waals surface area contributed by atoms with Crippen molar-refractivity contribution >= 4 is 5.97 Å². The Morgan fingerprint density at radius 1 is 1.58 bits per heavy atom. The lowest BCUT2D eigenvalue weighted by Crippen LogP contribution is -2.37. The predicted molar refractivity (Wildman–Crippen MR) is 72.0 cm³/mol. The second-order valence-electron chi connectivity index (χ2n) is 4.88. The Morgan fingerprint density at radius 3 is 3.05 bits per heavy atom. The number of carbonyl (C=O) groups excluding carboxylic acids is 1. The number of furan rings is 1. The van der Waals surface area contributed by atoms with Crippen LogP contribution in [0.25, 0.3) is 0 Å². The molecule has 1 aliphatic rings. The van der Waals surface area contributed by atoms with Gasteiger partial charge in [-0.25, -0.2) is 4.79 Å². The van der Waals surface area contributed by atoms with Crippen molar-refractivity contribution in [1.29, 1.82) is 0 Å². The molecule has 5 nitrogen and oxygen atoms in total. The van der Waals surface area contributed by atoms with E-state index in [2.05, 4.69) is 21.9 Å². The van der Waals surface area contributed by atoms with Crippen LogP contribution in [-0.2, 0) is 11.3 Å². The summed E-state index contributed by atoms with van der Waals surface area (Å²) in [6, 6.07) is 4.09. The summed E-state index contributed by atoms with van der Waals surface area (Å²) in [6.07, 6.45) is 2.50. The molecule has 1 aromatic heterocycles. The normalized spacial score (nSPS) is 19.0. The van der Waals surface area contributed by atoms with Crippen molar-refractivity contribution in [3.05, 3.63) is 23.7 Å². The molecule has 1 aliphatic heterocycles. The molecule has 0 saturated carbocycles. The molecular formula is C14H22N2O3. The molecule has 0 aromatic carbocycles. The molecule has 2 rings (SSSR count). The standard InChI is InChI=1S/C14H22N2O3/c1-3-16(9-11-5-4-8-15-11)10-12-6-7-13(19-12)14(17)18-2/h6-7,11,15H,3-5,8-10H2,1-2H3. The van der Waals surface area contributed by atoms with Crippen molar-refractivity contribution in [2.45, 2.75) is 32.4 Å². The van der Waals surface area contributed by atoms with E-state index in [4.69, 9.17) is 4.42 Å². The largest absolute Gasteiger partial charge is 0.463 e. The molecule has 19 heavy (non-hydrogen) atoms. The molecule has 1 saturated heterocycles. The zero-order chi connectivity index (χ0) is 13.7. The summed E-state index contributed by atoms with van der Waals surface area (Å²) in [4.78, 5) is 13.6. The van der Waals surface area contributed by atoms with Crippen LogP contribution in [0.1, 0.15) is 36.1 Å². The van der Waals surface area contributed by atoms with Crippen molar-refractivity contribution in [3.63, 3.8) is 0 Å². The van der Waals surface area contributed by atoms with Gasteiger partial charge in [-0.05, 0) is 38.1 Å². The minimum absolute atomic E-state index is 0.271. The van der Waals surface area contributed by atoms with Gasteiger partial charge in [0.25, 0.3) is 0 Å². The Morgan fingerprint density at radius 2 is 2.42 bits per heavy atom. The first-order valence-electron chi connectivity index (χ1n) is 6.85. The van der Waals surface area contributed by atoms with Crippen molar-refractivity contribution < 1.29 is 13.9 Å². The van der Waals surface area contributed by atoms with E-state index in [1.807, 2.05) is 6.07 Å². The third kappa shape index (κ3) is 3.81. The third-order valence-corrected chi connectivity index (χ3v) is 3.52. The summed E-state index contributed by atoms with van der Waals surface area (Å²) in [7, 11) is 1.36. The van der Waals surface area contributed by atoms with Crippen LogP contribution >= 0.6 is 0 Å². The van der Waals surface area contributed by atoms with Crippen molar-refractivity contribution in [2.75, 3.05) is 26.7 Å². The lowest BCUT2D eigenvalue weighted by atomic mass is 10.2. The number of esters is 1. The second-order valence-corrected chi connectivity index (χ2v) is 4.88. The van der Waals surface area contributed by atoms with Crippen LogP contribution in [0.3, 0.4) is 0 Å². The average Bonchev–Trinajstić information content (AvgIpc) is 3.08. The summed E-state index contributed by atoms with van der Waals surface area (Å²) in [6.45, 7) is 5.97. The summed E-state index contributed by atoms with van der Waals surface area (Å²) in [5, 5.41) is 3.49. The van der Waals surface area contributed by atoms with Crippen LogP contribution in [0.5, 0.6) is 0 Å². The Balaban J connectivity index is 1.90. The molecule has 5 heteroatoms. The molecule has 0 bridgehead atoms. The smallest absolute Gasteiger partial charge is 0.373 e. The van der Waals surface area contributed by atoms with Gasteiger partial charge in [0.2, 0.25) is 5.76 Å². The molecule has 0 aliphatic carbocycles. The number of hydrogen-bond donors (Lipinski definition) is 1. The zero-order valence-corrected chi connectivity index (χ0v) is 11.6. The SMILES string of the molecule is CCN(Cc1ccc(C(=O)OC)o1)CC1CCCN1. The van der Waals surface area contributed by atoms with E-state index in [-0.39, 0.29) is 5.76 Å². The molecule has 0 radical (unpaired) electrons. The van der Waals surface area contributed by atoms with Gasteiger partial charge in [0.15, 0.2) is 0 Å². The van der Waals surface area contributed by atoms with E-state index in [0.717, 1.165) is 31.9 Å². The number of ether oxygens (including phenoxy) is 1. The van der Waals surface area contributed by atoms with E-state index < -0.39 is 5.97 Å².